The monoisotopic (exact) mass is 255 g/mol. The molecule has 18 heavy (non-hydrogen) atoms. The summed E-state index contributed by atoms with van der Waals surface area (Å²) in [5.41, 5.74) is 6.58. The summed E-state index contributed by atoms with van der Waals surface area (Å²) >= 11 is 0. The van der Waals surface area contributed by atoms with Gasteiger partial charge in [0.05, 0.1) is 0 Å². The molecule has 0 heterocycles. The van der Waals surface area contributed by atoms with Gasteiger partial charge in [0.15, 0.2) is 0 Å². The average molecular weight is 255 g/mol. The third kappa shape index (κ3) is 8.13. The van der Waals surface area contributed by atoms with Crippen LogP contribution in [0.1, 0.15) is 80.1 Å². The molecule has 0 aromatic carbocycles. The first kappa shape index (κ1) is 18.0. The molecule has 2 N–H and O–H groups in total. The highest BCUT2D eigenvalue weighted by molar-refractivity contribution is 4.82. The Kier molecular flexibility index (Phi) is 8.94. The van der Waals surface area contributed by atoms with Gasteiger partial charge in [0.1, 0.15) is 0 Å². The molecule has 0 aliphatic heterocycles. The maximum Gasteiger partial charge on any atom is -0.00205 e. The highest BCUT2D eigenvalue weighted by Gasteiger charge is 2.28. The molecular weight excluding hydrogens is 218 g/mol. The van der Waals surface area contributed by atoms with Crippen molar-refractivity contribution in [2.45, 2.75) is 80.1 Å². The molecule has 1 heteroatoms. The van der Waals surface area contributed by atoms with Crippen molar-refractivity contribution < 1.29 is 0 Å². The third-order valence-corrected chi connectivity index (χ3v) is 4.19. The Bertz CT molecular complexity index is 163. The lowest BCUT2D eigenvalue weighted by Gasteiger charge is -2.35. The number of nitrogens with two attached hydrogens (primary N) is 1. The molecule has 0 fully saturated rings. The molecule has 110 valence electrons. The Labute approximate surface area is 116 Å². The van der Waals surface area contributed by atoms with Crippen LogP contribution in [-0.4, -0.2) is 6.54 Å². The highest BCUT2D eigenvalue weighted by Crippen LogP contribution is 2.37. The van der Waals surface area contributed by atoms with Gasteiger partial charge in [0, 0.05) is 0 Å². The van der Waals surface area contributed by atoms with Crippen molar-refractivity contribution in [3.8, 4) is 0 Å². The van der Waals surface area contributed by atoms with Crippen LogP contribution in [0.15, 0.2) is 0 Å². The maximum atomic E-state index is 6.17. The molecule has 0 aliphatic carbocycles. The molecule has 0 unspecified atom stereocenters. The lowest BCUT2D eigenvalue weighted by atomic mass is 9.72. The van der Waals surface area contributed by atoms with Crippen LogP contribution < -0.4 is 5.73 Å². The predicted octanol–water partition coefficient (Wildman–Crippen LogP) is 5.24. The van der Waals surface area contributed by atoms with Crippen molar-refractivity contribution in [1.82, 2.24) is 0 Å². The maximum absolute atomic E-state index is 6.17. The van der Waals surface area contributed by atoms with Gasteiger partial charge >= 0.3 is 0 Å². The van der Waals surface area contributed by atoms with Gasteiger partial charge in [0.2, 0.25) is 0 Å². The minimum Gasteiger partial charge on any atom is -0.330 e. The lowest BCUT2D eigenvalue weighted by Crippen LogP contribution is -2.32. The van der Waals surface area contributed by atoms with E-state index >= 15 is 0 Å². The van der Waals surface area contributed by atoms with Gasteiger partial charge in [-0.05, 0) is 49.0 Å². The van der Waals surface area contributed by atoms with E-state index in [9.17, 15) is 0 Å². The summed E-state index contributed by atoms with van der Waals surface area (Å²) < 4.78 is 0. The molecule has 1 nitrogen and oxygen atoms in total. The van der Waals surface area contributed by atoms with E-state index in [1.54, 1.807) is 0 Å². The zero-order valence-corrected chi connectivity index (χ0v) is 13.8. The molecule has 0 aromatic heterocycles. The van der Waals surface area contributed by atoms with E-state index in [0.29, 0.717) is 5.41 Å². The molecule has 0 bridgehead atoms. The zero-order chi connectivity index (χ0) is 14.2. The van der Waals surface area contributed by atoms with Crippen LogP contribution in [0.4, 0.5) is 0 Å². The van der Waals surface area contributed by atoms with E-state index in [0.717, 1.165) is 24.3 Å². The SMILES string of the molecule is CC(C)CCC(CN)(CCC(C)C)CCC(C)C. The van der Waals surface area contributed by atoms with Crippen LogP contribution in [-0.2, 0) is 0 Å². The normalized spacial score (nSPS) is 13.0. The van der Waals surface area contributed by atoms with Gasteiger partial charge in [-0.3, -0.25) is 0 Å². The summed E-state index contributed by atoms with van der Waals surface area (Å²) in [6.45, 7) is 14.8. The number of hydrogen-bond acceptors (Lipinski definition) is 1. The van der Waals surface area contributed by atoms with E-state index in [4.69, 9.17) is 5.73 Å². The quantitative estimate of drug-likeness (QED) is 0.567. The van der Waals surface area contributed by atoms with Crippen LogP contribution >= 0.6 is 0 Å². The van der Waals surface area contributed by atoms with Crippen molar-refractivity contribution >= 4 is 0 Å². The van der Waals surface area contributed by atoms with Gasteiger partial charge in [-0.25, -0.2) is 0 Å². The largest absolute Gasteiger partial charge is 0.330 e. The molecule has 0 rings (SSSR count). The number of hydrogen-bond donors (Lipinski definition) is 1. The summed E-state index contributed by atoms with van der Waals surface area (Å²) in [4.78, 5) is 0. The average Bonchev–Trinajstić information content (AvgIpc) is 2.28. The third-order valence-electron chi connectivity index (χ3n) is 4.19. The fraction of sp³-hybridized carbons (Fsp3) is 1.00. The Balaban J connectivity index is 4.49. The summed E-state index contributed by atoms with van der Waals surface area (Å²) in [7, 11) is 0. The first-order valence-corrected chi connectivity index (χ1v) is 8.01. The van der Waals surface area contributed by atoms with E-state index in [2.05, 4.69) is 41.5 Å². The Morgan fingerprint density at radius 2 is 0.944 bits per heavy atom. The molecule has 0 aromatic rings. The summed E-state index contributed by atoms with van der Waals surface area (Å²) in [6, 6.07) is 0. The summed E-state index contributed by atoms with van der Waals surface area (Å²) in [6.07, 6.45) is 7.94. The number of rotatable bonds is 10. The second-order valence-corrected chi connectivity index (χ2v) is 7.50. The molecular formula is C17H37N. The van der Waals surface area contributed by atoms with Gasteiger partial charge in [-0.15, -0.1) is 0 Å². The molecule has 0 amide bonds. The van der Waals surface area contributed by atoms with Gasteiger partial charge in [-0.1, -0.05) is 60.8 Å². The molecule has 0 aliphatic rings. The van der Waals surface area contributed by atoms with Gasteiger partial charge in [-0.2, -0.15) is 0 Å². The molecule has 0 spiro atoms. The van der Waals surface area contributed by atoms with Crippen molar-refractivity contribution in [2.24, 2.45) is 28.9 Å². The smallest absolute Gasteiger partial charge is 0.00205 e. The van der Waals surface area contributed by atoms with E-state index in [1.807, 2.05) is 0 Å². The van der Waals surface area contributed by atoms with Crippen LogP contribution in [0.2, 0.25) is 0 Å². The van der Waals surface area contributed by atoms with E-state index < -0.39 is 0 Å². The molecule has 0 saturated heterocycles. The van der Waals surface area contributed by atoms with Crippen LogP contribution in [0.5, 0.6) is 0 Å². The molecule has 0 atom stereocenters. The van der Waals surface area contributed by atoms with Crippen molar-refractivity contribution in [1.29, 1.82) is 0 Å². The van der Waals surface area contributed by atoms with Crippen LogP contribution in [0.25, 0.3) is 0 Å². The van der Waals surface area contributed by atoms with Crippen LogP contribution in [0, 0.1) is 23.2 Å². The Morgan fingerprint density at radius 3 is 1.11 bits per heavy atom. The Hall–Kier alpha value is -0.0400. The minimum atomic E-state index is 0.415. The molecule has 0 saturated carbocycles. The molecule has 0 radical (unpaired) electrons. The highest BCUT2D eigenvalue weighted by atomic mass is 14.6. The second kappa shape index (κ2) is 8.96. The topological polar surface area (TPSA) is 26.0 Å². The zero-order valence-electron chi connectivity index (χ0n) is 13.8. The lowest BCUT2D eigenvalue weighted by molar-refractivity contribution is 0.185. The van der Waals surface area contributed by atoms with Crippen molar-refractivity contribution in [3.05, 3.63) is 0 Å². The fourth-order valence-corrected chi connectivity index (χ4v) is 2.47. The van der Waals surface area contributed by atoms with Gasteiger partial charge in [0.25, 0.3) is 0 Å². The second-order valence-electron chi connectivity index (χ2n) is 7.50. The van der Waals surface area contributed by atoms with Crippen molar-refractivity contribution in [3.63, 3.8) is 0 Å². The van der Waals surface area contributed by atoms with Crippen molar-refractivity contribution in [2.75, 3.05) is 6.54 Å². The summed E-state index contributed by atoms with van der Waals surface area (Å²) in [5.74, 6) is 2.40. The standard InChI is InChI=1S/C17H37N/c1-14(2)7-10-17(13-18,11-8-15(3)4)12-9-16(5)6/h14-16H,7-13,18H2,1-6H3. The Morgan fingerprint density at radius 1 is 0.667 bits per heavy atom. The van der Waals surface area contributed by atoms with Crippen LogP contribution in [0.3, 0.4) is 0 Å². The predicted molar refractivity (Wildman–Crippen MR) is 83.7 cm³/mol. The minimum absolute atomic E-state index is 0.415. The van der Waals surface area contributed by atoms with E-state index in [-0.39, 0.29) is 0 Å². The van der Waals surface area contributed by atoms with E-state index in [1.165, 1.54) is 38.5 Å². The summed E-state index contributed by atoms with van der Waals surface area (Å²) in [5, 5.41) is 0. The van der Waals surface area contributed by atoms with Gasteiger partial charge < -0.3 is 5.73 Å². The first-order valence-electron chi connectivity index (χ1n) is 8.01. The first-order chi connectivity index (χ1) is 8.31. The fourth-order valence-electron chi connectivity index (χ4n) is 2.47.